The normalized spacial score (nSPS) is 20.7. The zero-order chi connectivity index (χ0) is 30.2. The Morgan fingerprint density at radius 2 is 1.43 bits per heavy atom. The smallest absolute Gasteiger partial charge is 0.132 e. The monoisotopic (exact) mass is 609 g/mol. The second kappa shape index (κ2) is 9.77. The number of hydrogen-bond acceptors (Lipinski definition) is 4. The molecule has 4 heterocycles. The number of pyridine rings is 1. The highest BCUT2D eigenvalue weighted by Gasteiger charge is 2.55. The first-order valence-electron chi connectivity index (χ1n) is 15.7. The predicted molar refractivity (Wildman–Crippen MR) is 187 cm³/mol. The summed E-state index contributed by atoms with van der Waals surface area (Å²) in [6, 6.07) is 45.1. The molecule has 3 unspecified atom stereocenters. The molecule has 0 amide bonds. The minimum absolute atomic E-state index is 0.00221. The van der Waals surface area contributed by atoms with Crippen LogP contribution in [-0.2, 0) is 5.41 Å². The highest BCUT2D eigenvalue weighted by atomic mass is 32.1. The van der Waals surface area contributed by atoms with Crippen molar-refractivity contribution >= 4 is 37.2 Å². The Kier molecular flexibility index (Phi) is 5.49. The Morgan fingerprint density at radius 1 is 0.652 bits per heavy atom. The fourth-order valence-corrected chi connectivity index (χ4v) is 9.06. The van der Waals surface area contributed by atoms with E-state index in [1.165, 1.54) is 43.3 Å². The standard InChI is InChI=1S/C42H27NO2S/c1-2-10-26(11-3-1)27-19-21-33-37(24-27)44-35-16-6-4-14-31(35)42(33)32-15-5-7-17-36(32)45-38-25-28(20-22-34(38)42)29-12-8-18-39-40(29)30-13-9-23-43-41(30)46-39/h1-25,34,38H. The lowest BCUT2D eigenvalue weighted by Crippen LogP contribution is -2.50. The molecule has 1 aliphatic carbocycles. The van der Waals surface area contributed by atoms with Gasteiger partial charge in [-0.05, 0) is 64.7 Å². The van der Waals surface area contributed by atoms with Gasteiger partial charge in [0, 0.05) is 44.3 Å². The third-order valence-corrected chi connectivity index (χ3v) is 11.0. The Hall–Kier alpha value is -5.45. The first-order valence-corrected chi connectivity index (χ1v) is 16.5. The van der Waals surface area contributed by atoms with Crippen molar-refractivity contribution in [2.75, 3.05) is 0 Å². The molecule has 46 heavy (non-hydrogen) atoms. The van der Waals surface area contributed by atoms with E-state index in [1.807, 2.05) is 12.3 Å². The average Bonchev–Trinajstić information content (AvgIpc) is 3.50. The van der Waals surface area contributed by atoms with E-state index < -0.39 is 5.41 Å². The summed E-state index contributed by atoms with van der Waals surface area (Å²) >= 11 is 1.75. The van der Waals surface area contributed by atoms with Gasteiger partial charge >= 0.3 is 0 Å². The number of para-hydroxylation sites is 2. The molecule has 3 atom stereocenters. The number of thiophene rings is 1. The number of hydrogen-bond donors (Lipinski definition) is 0. The van der Waals surface area contributed by atoms with Crippen LogP contribution in [0.15, 0.2) is 152 Å². The molecule has 10 rings (SSSR count). The van der Waals surface area contributed by atoms with Gasteiger partial charge in [0.25, 0.3) is 0 Å². The third kappa shape index (κ3) is 3.56. The van der Waals surface area contributed by atoms with Crippen molar-refractivity contribution in [2.24, 2.45) is 5.92 Å². The molecule has 0 fully saturated rings. The largest absolute Gasteiger partial charge is 0.485 e. The number of benzene rings is 5. The highest BCUT2D eigenvalue weighted by molar-refractivity contribution is 7.25. The number of fused-ring (bicyclic) bond motifs is 11. The molecular formula is C42H27NO2S. The fourth-order valence-electron chi connectivity index (χ4n) is 7.99. The number of rotatable bonds is 2. The van der Waals surface area contributed by atoms with Gasteiger partial charge in [0.05, 0.1) is 5.41 Å². The van der Waals surface area contributed by atoms with Gasteiger partial charge in [0.15, 0.2) is 0 Å². The Bertz CT molecular complexity index is 2400. The fraction of sp³-hybridized carbons (Fsp3) is 0.0714. The molecule has 0 bridgehead atoms. The molecule has 0 radical (unpaired) electrons. The van der Waals surface area contributed by atoms with Crippen LogP contribution in [0.25, 0.3) is 37.0 Å². The van der Waals surface area contributed by atoms with E-state index in [0.29, 0.717) is 0 Å². The van der Waals surface area contributed by atoms with Crippen molar-refractivity contribution in [1.29, 1.82) is 0 Å². The lowest BCUT2D eigenvalue weighted by Gasteiger charge is -2.51. The molecule has 2 aliphatic heterocycles. The average molecular weight is 610 g/mol. The first-order chi connectivity index (χ1) is 22.8. The Morgan fingerprint density at radius 3 is 2.33 bits per heavy atom. The van der Waals surface area contributed by atoms with Crippen LogP contribution in [-0.4, -0.2) is 11.1 Å². The lowest BCUT2D eigenvalue weighted by molar-refractivity contribution is 0.135. The molecule has 7 aromatic rings. The van der Waals surface area contributed by atoms with Crippen LogP contribution >= 0.6 is 11.3 Å². The zero-order valence-electron chi connectivity index (χ0n) is 24.8. The summed E-state index contributed by atoms with van der Waals surface area (Å²) in [4.78, 5) is 5.73. The van der Waals surface area contributed by atoms with E-state index in [0.717, 1.165) is 33.2 Å². The molecule has 3 aliphatic rings. The van der Waals surface area contributed by atoms with Crippen molar-refractivity contribution in [1.82, 2.24) is 4.98 Å². The maximum atomic E-state index is 6.94. The number of aromatic nitrogens is 1. The van der Waals surface area contributed by atoms with Crippen molar-refractivity contribution in [2.45, 2.75) is 11.5 Å². The number of nitrogens with zero attached hydrogens (tertiary/aromatic N) is 1. The summed E-state index contributed by atoms with van der Waals surface area (Å²) in [6.07, 6.45) is 8.72. The summed E-state index contributed by atoms with van der Waals surface area (Å²) in [5.74, 6) is 2.69. The highest BCUT2D eigenvalue weighted by Crippen LogP contribution is 2.61. The summed E-state index contributed by atoms with van der Waals surface area (Å²) in [5.41, 5.74) is 7.67. The molecular weight excluding hydrogens is 583 g/mol. The maximum Gasteiger partial charge on any atom is 0.132 e. The summed E-state index contributed by atoms with van der Waals surface area (Å²) in [5, 5.41) is 2.45. The molecule has 3 nitrogen and oxygen atoms in total. The van der Waals surface area contributed by atoms with Crippen LogP contribution in [0.2, 0.25) is 0 Å². The van der Waals surface area contributed by atoms with Crippen LogP contribution < -0.4 is 9.47 Å². The van der Waals surface area contributed by atoms with Gasteiger partial charge in [-0.1, -0.05) is 103 Å². The van der Waals surface area contributed by atoms with E-state index >= 15 is 0 Å². The number of allylic oxidation sites excluding steroid dienone is 2. The molecule has 0 N–H and O–H groups in total. The molecule has 0 saturated carbocycles. The predicted octanol–water partition coefficient (Wildman–Crippen LogP) is 10.6. The quantitative estimate of drug-likeness (QED) is 0.195. The second-order valence-corrected chi connectivity index (χ2v) is 13.2. The van der Waals surface area contributed by atoms with Crippen LogP contribution in [0.4, 0.5) is 0 Å². The number of ether oxygens (including phenoxy) is 2. The van der Waals surface area contributed by atoms with Gasteiger partial charge in [0.1, 0.15) is 28.2 Å². The lowest BCUT2D eigenvalue weighted by atomic mass is 9.56. The summed E-state index contributed by atoms with van der Waals surface area (Å²) < 4.78 is 14.9. The molecule has 2 aromatic heterocycles. The minimum atomic E-state index is -0.511. The maximum absolute atomic E-state index is 6.94. The van der Waals surface area contributed by atoms with E-state index in [2.05, 4.69) is 145 Å². The minimum Gasteiger partial charge on any atom is -0.485 e. The topological polar surface area (TPSA) is 31.4 Å². The van der Waals surface area contributed by atoms with Gasteiger partial charge in [-0.25, -0.2) is 4.98 Å². The molecule has 1 spiro atoms. The molecule has 5 aromatic carbocycles. The Balaban J connectivity index is 1.20. The van der Waals surface area contributed by atoms with Gasteiger partial charge in [-0.3, -0.25) is 0 Å². The summed E-state index contributed by atoms with van der Waals surface area (Å²) in [7, 11) is 0. The SMILES string of the molecule is C1=CC2C(C=C1c1cccc3sc4ncccc4c13)Oc1ccccc1C21c2ccccc2Oc2cc(-c3ccccc3)ccc21. The van der Waals surface area contributed by atoms with Crippen molar-refractivity contribution < 1.29 is 9.47 Å². The van der Waals surface area contributed by atoms with E-state index in [-0.39, 0.29) is 12.0 Å². The van der Waals surface area contributed by atoms with Gasteiger partial charge < -0.3 is 9.47 Å². The van der Waals surface area contributed by atoms with Crippen molar-refractivity contribution in [3.63, 3.8) is 0 Å². The summed E-state index contributed by atoms with van der Waals surface area (Å²) in [6.45, 7) is 0. The van der Waals surface area contributed by atoms with Crippen LogP contribution in [0.3, 0.4) is 0 Å². The molecule has 4 heteroatoms. The molecule has 0 saturated heterocycles. The van der Waals surface area contributed by atoms with Crippen LogP contribution in [0.1, 0.15) is 22.3 Å². The van der Waals surface area contributed by atoms with Gasteiger partial charge in [-0.15, -0.1) is 11.3 Å². The van der Waals surface area contributed by atoms with Crippen LogP contribution in [0, 0.1) is 5.92 Å². The Labute approximate surface area is 270 Å². The first kappa shape index (κ1) is 25.8. The van der Waals surface area contributed by atoms with E-state index in [1.54, 1.807) is 11.3 Å². The van der Waals surface area contributed by atoms with Crippen molar-refractivity contribution in [3.05, 3.63) is 174 Å². The van der Waals surface area contributed by atoms with Gasteiger partial charge in [-0.2, -0.15) is 0 Å². The molecule has 218 valence electrons. The van der Waals surface area contributed by atoms with E-state index in [9.17, 15) is 0 Å². The third-order valence-electron chi connectivity index (χ3n) is 9.89. The van der Waals surface area contributed by atoms with Crippen LogP contribution in [0.5, 0.6) is 17.2 Å². The van der Waals surface area contributed by atoms with E-state index in [4.69, 9.17) is 9.47 Å². The second-order valence-electron chi connectivity index (χ2n) is 12.2. The van der Waals surface area contributed by atoms with Gasteiger partial charge in [0.2, 0.25) is 0 Å². The van der Waals surface area contributed by atoms with Crippen molar-refractivity contribution in [3.8, 4) is 28.4 Å². The zero-order valence-corrected chi connectivity index (χ0v) is 25.6.